The number of ether oxygens (including phenoxy) is 3. The van der Waals surface area contributed by atoms with Gasteiger partial charge in [-0.1, -0.05) is 255 Å². The Balaban J connectivity index is 4.31. The van der Waals surface area contributed by atoms with Crippen LogP contribution in [0.3, 0.4) is 0 Å². The standard InChI is InChI=1S/C56H98O6/c1-4-7-10-13-16-19-21-23-25-26-27-28-29-30-32-33-35-37-40-43-46-49-55(58)61-52-53(51-60-54(57)48-45-42-39-18-15-12-9-6-3)62-56(59)50-47-44-41-38-36-34-31-24-22-20-17-14-11-8-5-2/h8,11,17,20,24,31,36,38,44,47,53H,4-7,9-10,12-16,18-19,21-23,25-30,32-35,37,39-43,45-46,48-52H2,1-3H3/b11-8-,20-17-,31-24-,38-36-,47-44-. The number of carbonyl (C=O) groups excluding carboxylic acids is 3. The first-order valence-electron chi connectivity index (χ1n) is 26.3. The predicted octanol–water partition coefficient (Wildman–Crippen LogP) is 17.3. The predicted molar refractivity (Wildman–Crippen MR) is 265 cm³/mol. The van der Waals surface area contributed by atoms with Crippen LogP contribution in [0.1, 0.15) is 258 Å². The third kappa shape index (κ3) is 48.1. The summed E-state index contributed by atoms with van der Waals surface area (Å²) in [7, 11) is 0. The highest BCUT2D eigenvalue weighted by Crippen LogP contribution is 2.16. The molecule has 1 atom stereocenters. The van der Waals surface area contributed by atoms with Crippen LogP contribution >= 0.6 is 0 Å². The van der Waals surface area contributed by atoms with E-state index in [0.717, 1.165) is 70.6 Å². The Labute approximate surface area is 383 Å². The molecule has 0 aliphatic rings. The molecule has 0 saturated heterocycles. The van der Waals surface area contributed by atoms with Crippen LogP contribution in [0.4, 0.5) is 0 Å². The lowest BCUT2D eigenvalue weighted by atomic mass is 10.0. The lowest BCUT2D eigenvalue weighted by Crippen LogP contribution is -2.30. The highest BCUT2D eigenvalue weighted by Gasteiger charge is 2.19. The summed E-state index contributed by atoms with van der Waals surface area (Å²) in [4.78, 5) is 37.8. The maximum Gasteiger partial charge on any atom is 0.310 e. The zero-order valence-electron chi connectivity index (χ0n) is 40.9. The van der Waals surface area contributed by atoms with Crippen LogP contribution in [-0.2, 0) is 28.6 Å². The fraction of sp³-hybridized carbons (Fsp3) is 0.768. The molecule has 358 valence electrons. The first kappa shape index (κ1) is 59.1. The molecule has 0 N–H and O–H groups in total. The molecule has 1 unspecified atom stereocenters. The van der Waals surface area contributed by atoms with E-state index in [2.05, 4.69) is 69.4 Å². The van der Waals surface area contributed by atoms with Crippen molar-refractivity contribution < 1.29 is 28.6 Å². The van der Waals surface area contributed by atoms with Gasteiger partial charge in [-0.15, -0.1) is 0 Å². The Hall–Kier alpha value is -2.89. The van der Waals surface area contributed by atoms with Crippen molar-refractivity contribution in [3.05, 3.63) is 60.8 Å². The van der Waals surface area contributed by atoms with Gasteiger partial charge in [0.2, 0.25) is 0 Å². The maximum absolute atomic E-state index is 12.7. The molecule has 0 amide bonds. The van der Waals surface area contributed by atoms with Crippen molar-refractivity contribution >= 4 is 17.9 Å². The van der Waals surface area contributed by atoms with Crippen molar-refractivity contribution in [2.24, 2.45) is 0 Å². The minimum absolute atomic E-state index is 0.101. The Bertz CT molecular complexity index is 1130. The summed E-state index contributed by atoms with van der Waals surface area (Å²) in [5.74, 6) is -1.04. The summed E-state index contributed by atoms with van der Waals surface area (Å²) in [5.41, 5.74) is 0. The van der Waals surface area contributed by atoms with Gasteiger partial charge in [0.15, 0.2) is 6.10 Å². The normalized spacial score (nSPS) is 12.5. The van der Waals surface area contributed by atoms with Crippen molar-refractivity contribution in [2.45, 2.75) is 264 Å². The summed E-state index contributed by atoms with van der Waals surface area (Å²) in [6.45, 7) is 6.43. The molecule has 0 aliphatic carbocycles. The van der Waals surface area contributed by atoms with Gasteiger partial charge in [0.1, 0.15) is 13.2 Å². The highest BCUT2D eigenvalue weighted by molar-refractivity contribution is 5.72. The van der Waals surface area contributed by atoms with E-state index in [9.17, 15) is 14.4 Å². The topological polar surface area (TPSA) is 78.9 Å². The van der Waals surface area contributed by atoms with E-state index in [4.69, 9.17) is 14.2 Å². The van der Waals surface area contributed by atoms with Gasteiger partial charge < -0.3 is 14.2 Å². The number of hydrogen-bond donors (Lipinski definition) is 0. The second kappa shape index (κ2) is 50.8. The van der Waals surface area contributed by atoms with Crippen molar-refractivity contribution in [3.63, 3.8) is 0 Å². The molecule has 0 heterocycles. The number of esters is 3. The zero-order chi connectivity index (χ0) is 45.1. The molecular weight excluding hydrogens is 769 g/mol. The number of rotatable bonds is 47. The molecule has 0 aromatic rings. The summed E-state index contributed by atoms with van der Waals surface area (Å²) in [6.07, 6.45) is 62.5. The monoisotopic (exact) mass is 867 g/mol. The molecular formula is C56H98O6. The number of allylic oxidation sites excluding steroid dienone is 9. The lowest BCUT2D eigenvalue weighted by molar-refractivity contribution is -0.166. The van der Waals surface area contributed by atoms with E-state index in [1.54, 1.807) is 6.08 Å². The molecule has 0 fully saturated rings. The van der Waals surface area contributed by atoms with Crippen molar-refractivity contribution in [2.75, 3.05) is 13.2 Å². The van der Waals surface area contributed by atoms with Gasteiger partial charge in [0.25, 0.3) is 0 Å². The average Bonchev–Trinajstić information content (AvgIpc) is 3.27. The molecule has 0 rings (SSSR count). The first-order valence-corrected chi connectivity index (χ1v) is 26.3. The molecule has 0 aromatic heterocycles. The minimum Gasteiger partial charge on any atom is -0.462 e. The van der Waals surface area contributed by atoms with Crippen LogP contribution in [0.15, 0.2) is 60.8 Å². The fourth-order valence-electron chi connectivity index (χ4n) is 7.40. The Morgan fingerprint density at radius 3 is 0.919 bits per heavy atom. The quantitative estimate of drug-likeness (QED) is 0.0262. The molecule has 62 heavy (non-hydrogen) atoms. The van der Waals surface area contributed by atoms with Crippen LogP contribution in [0.25, 0.3) is 0 Å². The summed E-state index contributed by atoms with van der Waals surface area (Å²) >= 11 is 0. The second-order valence-corrected chi connectivity index (χ2v) is 17.4. The molecule has 0 aliphatic heterocycles. The highest BCUT2D eigenvalue weighted by atomic mass is 16.6. The molecule has 0 bridgehead atoms. The molecule has 0 aromatic carbocycles. The van der Waals surface area contributed by atoms with Gasteiger partial charge in [-0.3, -0.25) is 14.4 Å². The molecule has 0 spiro atoms. The van der Waals surface area contributed by atoms with E-state index in [1.807, 2.05) is 6.08 Å². The van der Waals surface area contributed by atoms with Crippen molar-refractivity contribution in [3.8, 4) is 0 Å². The Kier molecular flexibility index (Phi) is 48.4. The van der Waals surface area contributed by atoms with Crippen LogP contribution in [0.5, 0.6) is 0 Å². The molecule has 0 radical (unpaired) electrons. The van der Waals surface area contributed by atoms with E-state index < -0.39 is 12.1 Å². The van der Waals surface area contributed by atoms with E-state index in [1.165, 1.54) is 148 Å². The van der Waals surface area contributed by atoms with Crippen LogP contribution in [0, 0.1) is 0 Å². The average molecular weight is 867 g/mol. The number of carbonyl (C=O) groups is 3. The summed E-state index contributed by atoms with van der Waals surface area (Å²) < 4.78 is 16.6. The van der Waals surface area contributed by atoms with Gasteiger partial charge in [-0.2, -0.15) is 0 Å². The minimum atomic E-state index is -0.823. The van der Waals surface area contributed by atoms with E-state index in [0.29, 0.717) is 12.8 Å². The van der Waals surface area contributed by atoms with Crippen LogP contribution in [0.2, 0.25) is 0 Å². The third-order valence-electron chi connectivity index (χ3n) is 11.3. The van der Waals surface area contributed by atoms with Gasteiger partial charge in [-0.05, 0) is 44.9 Å². The first-order chi connectivity index (χ1) is 30.5. The van der Waals surface area contributed by atoms with Crippen LogP contribution < -0.4 is 0 Å². The van der Waals surface area contributed by atoms with Gasteiger partial charge in [0, 0.05) is 12.8 Å². The van der Waals surface area contributed by atoms with Gasteiger partial charge >= 0.3 is 17.9 Å². The molecule has 0 saturated carbocycles. The Morgan fingerprint density at radius 2 is 0.613 bits per heavy atom. The van der Waals surface area contributed by atoms with Crippen LogP contribution in [-0.4, -0.2) is 37.2 Å². The Morgan fingerprint density at radius 1 is 0.339 bits per heavy atom. The SMILES string of the molecule is CC/C=C\C/C=C\C/C=C\C/C=C\C/C=C\CC(=O)OC(COC(=O)CCCCCCCCCC)COC(=O)CCCCCCCCCCCCCCCCCCCCCCC. The van der Waals surface area contributed by atoms with Crippen molar-refractivity contribution in [1.82, 2.24) is 0 Å². The summed E-state index contributed by atoms with van der Waals surface area (Å²) in [6, 6.07) is 0. The molecule has 6 heteroatoms. The third-order valence-corrected chi connectivity index (χ3v) is 11.3. The zero-order valence-corrected chi connectivity index (χ0v) is 40.9. The number of hydrogen-bond acceptors (Lipinski definition) is 6. The lowest BCUT2D eigenvalue weighted by Gasteiger charge is -2.18. The second-order valence-electron chi connectivity index (χ2n) is 17.4. The van der Waals surface area contributed by atoms with Gasteiger partial charge in [-0.25, -0.2) is 0 Å². The maximum atomic E-state index is 12.7. The summed E-state index contributed by atoms with van der Waals surface area (Å²) in [5, 5.41) is 0. The fourth-order valence-corrected chi connectivity index (χ4v) is 7.40. The number of unbranched alkanes of at least 4 members (excludes halogenated alkanes) is 27. The van der Waals surface area contributed by atoms with E-state index >= 15 is 0 Å². The smallest absolute Gasteiger partial charge is 0.310 e. The largest absolute Gasteiger partial charge is 0.462 e. The van der Waals surface area contributed by atoms with Gasteiger partial charge in [0.05, 0.1) is 6.42 Å². The molecule has 6 nitrogen and oxygen atoms in total. The van der Waals surface area contributed by atoms with Crippen molar-refractivity contribution in [1.29, 1.82) is 0 Å². The van der Waals surface area contributed by atoms with E-state index in [-0.39, 0.29) is 31.6 Å².